The maximum atomic E-state index is 5.86. The third-order valence-corrected chi connectivity index (χ3v) is 5.65. The Balaban J connectivity index is 1.49. The second kappa shape index (κ2) is 7.43. The Bertz CT molecular complexity index is 304. The van der Waals surface area contributed by atoms with Gasteiger partial charge in [0.2, 0.25) is 0 Å². The minimum absolute atomic E-state index is 0.365. The average molecular weight is 294 g/mol. The number of hydrogen-bond acceptors (Lipinski definition) is 3. The molecule has 3 aliphatic rings. The Morgan fingerprint density at radius 1 is 1.10 bits per heavy atom. The van der Waals surface area contributed by atoms with Crippen LogP contribution >= 0.6 is 0 Å². The summed E-state index contributed by atoms with van der Waals surface area (Å²) in [5.74, 6) is 0.946. The van der Waals surface area contributed by atoms with Crippen LogP contribution in [0.25, 0.3) is 0 Å². The molecular formula is C18H34N2O. The first-order valence-corrected chi connectivity index (χ1v) is 9.25. The molecule has 0 aromatic carbocycles. The molecule has 2 saturated carbocycles. The van der Waals surface area contributed by atoms with E-state index < -0.39 is 0 Å². The normalized spacial score (nSPS) is 31.7. The molecular weight excluding hydrogens is 260 g/mol. The van der Waals surface area contributed by atoms with Crippen LogP contribution in [-0.4, -0.2) is 50.8 Å². The molecule has 122 valence electrons. The highest BCUT2D eigenvalue weighted by Gasteiger charge is 2.36. The van der Waals surface area contributed by atoms with E-state index in [1.54, 1.807) is 0 Å². The highest BCUT2D eigenvalue weighted by atomic mass is 16.5. The zero-order valence-corrected chi connectivity index (χ0v) is 13.9. The van der Waals surface area contributed by atoms with Crippen molar-refractivity contribution in [1.82, 2.24) is 10.2 Å². The van der Waals surface area contributed by atoms with Crippen LogP contribution in [0, 0.1) is 11.3 Å². The lowest BCUT2D eigenvalue weighted by molar-refractivity contribution is -0.0250. The van der Waals surface area contributed by atoms with Gasteiger partial charge in [0.1, 0.15) is 0 Å². The molecule has 1 atom stereocenters. The van der Waals surface area contributed by atoms with Gasteiger partial charge in [-0.25, -0.2) is 0 Å². The van der Waals surface area contributed by atoms with Gasteiger partial charge < -0.3 is 15.0 Å². The van der Waals surface area contributed by atoms with Gasteiger partial charge in [-0.1, -0.05) is 19.3 Å². The van der Waals surface area contributed by atoms with E-state index in [9.17, 15) is 0 Å². The van der Waals surface area contributed by atoms with Crippen molar-refractivity contribution < 1.29 is 4.74 Å². The van der Waals surface area contributed by atoms with E-state index in [1.807, 2.05) is 0 Å². The molecule has 3 heteroatoms. The van der Waals surface area contributed by atoms with Crippen molar-refractivity contribution in [2.24, 2.45) is 11.3 Å². The van der Waals surface area contributed by atoms with Gasteiger partial charge in [-0.15, -0.1) is 0 Å². The van der Waals surface area contributed by atoms with Crippen LogP contribution in [0.5, 0.6) is 0 Å². The van der Waals surface area contributed by atoms with Crippen LogP contribution in [0.3, 0.4) is 0 Å². The first kappa shape index (κ1) is 15.8. The molecule has 0 radical (unpaired) electrons. The minimum Gasteiger partial charge on any atom is -0.381 e. The van der Waals surface area contributed by atoms with Gasteiger partial charge in [-0.3, -0.25) is 0 Å². The Hall–Kier alpha value is -0.120. The van der Waals surface area contributed by atoms with Crippen molar-refractivity contribution in [3.63, 3.8) is 0 Å². The summed E-state index contributed by atoms with van der Waals surface area (Å²) in [6.07, 6.45) is 12.6. The largest absolute Gasteiger partial charge is 0.381 e. The second-order valence-electron chi connectivity index (χ2n) is 8.01. The fourth-order valence-electron chi connectivity index (χ4n) is 4.33. The molecule has 2 aliphatic carbocycles. The van der Waals surface area contributed by atoms with Crippen molar-refractivity contribution in [3.8, 4) is 0 Å². The summed E-state index contributed by atoms with van der Waals surface area (Å²) in [4.78, 5) is 2.61. The molecule has 1 aliphatic heterocycles. The smallest absolute Gasteiger partial charge is 0.0546 e. The lowest BCUT2D eigenvalue weighted by atomic mass is 9.81. The minimum atomic E-state index is 0.365. The van der Waals surface area contributed by atoms with Gasteiger partial charge in [0.05, 0.1) is 6.61 Å². The van der Waals surface area contributed by atoms with Crippen molar-refractivity contribution >= 4 is 0 Å². The summed E-state index contributed by atoms with van der Waals surface area (Å²) in [5.41, 5.74) is 0.365. The Kier molecular flexibility index (Phi) is 5.58. The fraction of sp³-hybridized carbons (Fsp3) is 1.00. The highest BCUT2D eigenvalue weighted by Crippen LogP contribution is 2.32. The van der Waals surface area contributed by atoms with E-state index in [0.717, 1.165) is 31.7 Å². The molecule has 0 aromatic rings. The van der Waals surface area contributed by atoms with Crippen molar-refractivity contribution in [2.75, 3.05) is 39.9 Å². The molecule has 0 aromatic heterocycles. The maximum Gasteiger partial charge on any atom is 0.0546 e. The number of rotatable bonds is 7. The molecule has 1 saturated heterocycles. The first-order valence-electron chi connectivity index (χ1n) is 9.25. The summed E-state index contributed by atoms with van der Waals surface area (Å²) in [5, 5.41) is 3.77. The van der Waals surface area contributed by atoms with Crippen LogP contribution in [-0.2, 0) is 4.74 Å². The predicted molar refractivity (Wildman–Crippen MR) is 87.6 cm³/mol. The number of ether oxygens (including phenoxy) is 1. The van der Waals surface area contributed by atoms with Gasteiger partial charge in [-0.05, 0) is 51.5 Å². The maximum absolute atomic E-state index is 5.86. The van der Waals surface area contributed by atoms with Gasteiger partial charge in [0, 0.05) is 37.7 Å². The van der Waals surface area contributed by atoms with Gasteiger partial charge in [0.15, 0.2) is 0 Å². The summed E-state index contributed by atoms with van der Waals surface area (Å²) in [7, 11) is 2.34. The van der Waals surface area contributed by atoms with Crippen molar-refractivity contribution in [2.45, 2.75) is 63.8 Å². The highest BCUT2D eigenvalue weighted by molar-refractivity contribution is 4.91. The lowest BCUT2D eigenvalue weighted by Crippen LogP contribution is -2.49. The van der Waals surface area contributed by atoms with Crippen LogP contribution in [0.15, 0.2) is 0 Å². The molecule has 1 N–H and O–H groups in total. The Morgan fingerprint density at radius 2 is 1.90 bits per heavy atom. The molecule has 21 heavy (non-hydrogen) atoms. The summed E-state index contributed by atoms with van der Waals surface area (Å²) in [6.45, 7) is 5.60. The number of nitrogens with zero attached hydrogens (tertiary/aromatic N) is 1. The van der Waals surface area contributed by atoms with Crippen LogP contribution < -0.4 is 5.32 Å². The molecule has 3 rings (SSSR count). The van der Waals surface area contributed by atoms with E-state index in [4.69, 9.17) is 4.74 Å². The van der Waals surface area contributed by atoms with E-state index in [1.165, 1.54) is 70.9 Å². The SMILES string of the molecule is CN(CC1CCCCC1)CC1(CNC2CC2)CCCOC1. The topological polar surface area (TPSA) is 24.5 Å². The third kappa shape index (κ3) is 4.94. The van der Waals surface area contributed by atoms with E-state index >= 15 is 0 Å². The lowest BCUT2D eigenvalue weighted by Gasteiger charge is -2.41. The summed E-state index contributed by atoms with van der Waals surface area (Å²) < 4.78 is 5.86. The summed E-state index contributed by atoms with van der Waals surface area (Å²) >= 11 is 0. The van der Waals surface area contributed by atoms with Gasteiger partial charge in [-0.2, -0.15) is 0 Å². The van der Waals surface area contributed by atoms with E-state index in [0.29, 0.717) is 5.41 Å². The first-order chi connectivity index (χ1) is 10.3. The van der Waals surface area contributed by atoms with Gasteiger partial charge in [0.25, 0.3) is 0 Å². The van der Waals surface area contributed by atoms with Gasteiger partial charge >= 0.3 is 0 Å². The summed E-state index contributed by atoms with van der Waals surface area (Å²) in [6, 6.07) is 0.812. The molecule has 0 spiro atoms. The average Bonchev–Trinajstić information content (AvgIpc) is 3.31. The predicted octanol–water partition coefficient (Wildman–Crippen LogP) is 3.05. The van der Waals surface area contributed by atoms with E-state index in [-0.39, 0.29) is 0 Å². The van der Waals surface area contributed by atoms with Crippen LogP contribution in [0.4, 0.5) is 0 Å². The molecule has 1 unspecified atom stereocenters. The monoisotopic (exact) mass is 294 g/mol. The molecule has 1 heterocycles. The zero-order valence-electron chi connectivity index (χ0n) is 13.9. The standard InChI is InChI=1S/C18H34N2O/c1-20(12-16-6-3-2-4-7-16)14-18(10-5-11-21-15-18)13-19-17-8-9-17/h16-17,19H,2-15H2,1H3. The Morgan fingerprint density at radius 3 is 2.57 bits per heavy atom. The van der Waals surface area contributed by atoms with E-state index in [2.05, 4.69) is 17.3 Å². The molecule has 0 amide bonds. The quantitative estimate of drug-likeness (QED) is 0.781. The van der Waals surface area contributed by atoms with Crippen molar-refractivity contribution in [3.05, 3.63) is 0 Å². The number of hydrogen-bond donors (Lipinski definition) is 1. The molecule has 0 bridgehead atoms. The number of nitrogens with one attached hydrogen (secondary N) is 1. The molecule has 3 fully saturated rings. The zero-order chi connectivity index (χ0) is 14.5. The van der Waals surface area contributed by atoms with Crippen LogP contribution in [0.1, 0.15) is 57.8 Å². The third-order valence-electron chi connectivity index (χ3n) is 5.65. The Labute approximate surface area is 130 Å². The van der Waals surface area contributed by atoms with Crippen LogP contribution in [0.2, 0.25) is 0 Å². The van der Waals surface area contributed by atoms with Crippen molar-refractivity contribution in [1.29, 1.82) is 0 Å². The molecule has 3 nitrogen and oxygen atoms in total. The fourth-order valence-corrected chi connectivity index (χ4v) is 4.33. The second-order valence-corrected chi connectivity index (χ2v) is 8.01.